The zero-order valence-electron chi connectivity index (χ0n) is 25.0. The third-order valence-electron chi connectivity index (χ3n) is 7.96. The van der Waals surface area contributed by atoms with Crippen molar-refractivity contribution in [3.05, 3.63) is 85.1 Å². The number of pyridine rings is 3. The van der Waals surface area contributed by atoms with Crippen molar-refractivity contribution >= 4 is 63.1 Å². The summed E-state index contributed by atoms with van der Waals surface area (Å²) in [6.45, 7) is 12.1. The third kappa shape index (κ3) is 5.39. The number of nitrogens with zero attached hydrogens (tertiary/aromatic N) is 6. The lowest BCUT2D eigenvalue weighted by atomic mass is 10.0. The highest BCUT2D eigenvalue weighted by Crippen LogP contribution is 2.43. The van der Waals surface area contributed by atoms with Gasteiger partial charge < -0.3 is 15.5 Å². The van der Waals surface area contributed by atoms with Crippen LogP contribution in [-0.2, 0) is 4.79 Å². The number of nitrogen functional groups attached to an aromatic ring is 1. The number of aromatic nitrogens is 3. The van der Waals surface area contributed by atoms with E-state index in [0.717, 1.165) is 0 Å². The van der Waals surface area contributed by atoms with Crippen LogP contribution in [0.1, 0.15) is 43.5 Å². The fourth-order valence-electron chi connectivity index (χ4n) is 5.79. The van der Waals surface area contributed by atoms with Crippen molar-refractivity contribution in [2.75, 3.05) is 30.3 Å². The summed E-state index contributed by atoms with van der Waals surface area (Å²) in [5.74, 6) is -1.22. The molecule has 0 aliphatic carbocycles. The molecular weight excluding hydrogens is 640 g/mol. The number of carbonyl (C=O) groups is 1. The van der Waals surface area contributed by atoms with Crippen molar-refractivity contribution in [1.82, 2.24) is 19.4 Å². The minimum Gasteiger partial charge on any atom is -0.397 e. The largest absolute Gasteiger partial charge is 0.397 e. The normalized spacial score (nSPS) is 15.1. The number of benzene rings is 1. The molecule has 1 atom stereocenters. The smallest absolute Gasteiger partial charge is 0.276 e. The quantitative estimate of drug-likeness (QED) is 0.144. The van der Waals surface area contributed by atoms with Gasteiger partial charge in [-0.1, -0.05) is 55.2 Å². The van der Waals surface area contributed by atoms with Gasteiger partial charge in [-0.2, -0.15) is 5.26 Å². The molecule has 1 aliphatic heterocycles. The lowest BCUT2D eigenvalue weighted by Gasteiger charge is -2.41. The van der Waals surface area contributed by atoms with Gasteiger partial charge in [-0.3, -0.25) is 19.1 Å². The zero-order chi connectivity index (χ0) is 32.9. The molecule has 1 amide bonds. The molecule has 232 valence electrons. The maximum atomic E-state index is 15.6. The van der Waals surface area contributed by atoms with Crippen LogP contribution in [0.3, 0.4) is 0 Å². The predicted octanol–water partition coefficient (Wildman–Crippen LogP) is 6.66. The second-order valence-electron chi connectivity index (χ2n) is 11.2. The molecule has 1 aliphatic rings. The minimum absolute atomic E-state index is 0.00163. The van der Waals surface area contributed by atoms with Gasteiger partial charge in [0, 0.05) is 37.3 Å². The van der Waals surface area contributed by atoms with Gasteiger partial charge in [-0.25, -0.2) is 9.37 Å². The van der Waals surface area contributed by atoms with Gasteiger partial charge in [0.2, 0.25) is 5.91 Å². The highest BCUT2D eigenvalue weighted by Gasteiger charge is 2.33. The minimum atomic E-state index is -0.882. The van der Waals surface area contributed by atoms with E-state index >= 15 is 4.39 Å². The molecule has 9 nitrogen and oxygen atoms in total. The highest BCUT2D eigenvalue weighted by molar-refractivity contribution is 6.38. The molecule has 0 saturated carbocycles. The van der Waals surface area contributed by atoms with Crippen molar-refractivity contribution in [2.45, 2.75) is 39.7 Å². The molecule has 4 aromatic rings. The lowest BCUT2D eigenvalue weighted by molar-refractivity contribution is -0.126. The topological polar surface area (TPSA) is 121 Å². The summed E-state index contributed by atoms with van der Waals surface area (Å²) in [5.41, 5.74) is 7.13. The number of aryl methyl sites for hydroxylation is 1. The van der Waals surface area contributed by atoms with Crippen LogP contribution in [0.15, 0.2) is 41.8 Å². The Morgan fingerprint density at radius 3 is 2.53 bits per heavy atom. The number of carbonyl (C=O) groups excluding carboxylic acids is 1. The number of piperazine rings is 1. The van der Waals surface area contributed by atoms with E-state index in [9.17, 15) is 14.9 Å². The number of rotatable bonds is 5. The Morgan fingerprint density at radius 2 is 1.91 bits per heavy atom. The third-order valence-corrected chi connectivity index (χ3v) is 8.84. The lowest BCUT2D eigenvalue weighted by Crippen LogP contribution is -2.54. The molecule has 4 heterocycles. The van der Waals surface area contributed by atoms with Gasteiger partial charge in [-0.05, 0) is 49.6 Å². The molecule has 1 saturated heterocycles. The standard InChI is InChI=1S/C32H29Cl3FN7O2/c1-6-23(44)41-9-10-42(17(5)14-41)30-18-11-22(35)28(24-25(36)20(33)12-21(34)26(24)38)40-31(18)43(32(45)19(30)13-37)29-16(4)7-8-39-27(29)15(2)3/h6-8,11-12,15,17H,1,9-10,14,38H2,2-5H3/t17-/m0/s1. The summed E-state index contributed by atoms with van der Waals surface area (Å²) in [6, 6.07) is 6.28. The summed E-state index contributed by atoms with van der Waals surface area (Å²) < 4.78 is 16.9. The monoisotopic (exact) mass is 667 g/mol. The van der Waals surface area contributed by atoms with Crippen molar-refractivity contribution in [2.24, 2.45) is 0 Å². The fraction of sp³-hybridized carbons (Fsp3) is 0.281. The van der Waals surface area contributed by atoms with Crippen LogP contribution in [0.5, 0.6) is 0 Å². The van der Waals surface area contributed by atoms with E-state index in [2.05, 4.69) is 17.6 Å². The van der Waals surface area contributed by atoms with Crippen LogP contribution < -0.4 is 16.2 Å². The van der Waals surface area contributed by atoms with Crippen molar-refractivity contribution in [3.63, 3.8) is 0 Å². The summed E-state index contributed by atoms with van der Waals surface area (Å²) in [6.07, 6.45) is 2.90. The molecule has 1 fully saturated rings. The van der Waals surface area contributed by atoms with Crippen molar-refractivity contribution < 1.29 is 9.18 Å². The molecule has 0 radical (unpaired) electrons. The van der Waals surface area contributed by atoms with E-state index in [1.165, 1.54) is 22.8 Å². The Labute approximate surface area is 274 Å². The summed E-state index contributed by atoms with van der Waals surface area (Å²) in [7, 11) is 0. The van der Waals surface area contributed by atoms with E-state index in [0.29, 0.717) is 47.7 Å². The van der Waals surface area contributed by atoms with E-state index in [4.69, 9.17) is 45.5 Å². The van der Waals surface area contributed by atoms with Gasteiger partial charge in [0.1, 0.15) is 17.3 Å². The van der Waals surface area contributed by atoms with Crippen LogP contribution in [0, 0.1) is 24.1 Å². The van der Waals surface area contributed by atoms with E-state index in [1.54, 1.807) is 17.2 Å². The van der Waals surface area contributed by atoms with Crippen LogP contribution in [0.4, 0.5) is 15.8 Å². The van der Waals surface area contributed by atoms with Crippen LogP contribution in [-0.4, -0.2) is 51.0 Å². The molecular formula is C32H29Cl3FN7O2. The number of anilines is 2. The average Bonchev–Trinajstić information content (AvgIpc) is 3.00. The van der Waals surface area contributed by atoms with Crippen LogP contribution in [0.25, 0.3) is 28.0 Å². The molecule has 0 spiro atoms. The van der Waals surface area contributed by atoms with Gasteiger partial charge in [-0.15, -0.1) is 0 Å². The molecule has 2 N–H and O–H groups in total. The van der Waals surface area contributed by atoms with E-state index in [1.807, 2.05) is 32.6 Å². The number of nitrogens with two attached hydrogens (primary N) is 1. The number of fused-ring (bicyclic) bond motifs is 1. The number of amides is 1. The number of nitriles is 1. The Kier molecular flexibility index (Phi) is 8.82. The average molecular weight is 669 g/mol. The summed E-state index contributed by atoms with van der Waals surface area (Å²) in [5, 5.41) is 10.5. The maximum absolute atomic E-state index is 15.6. The van der Waals surface area contributed by atoms with Crippen LogP contribution in [0.2, 0.25) is 15.1 Å². The van der Waals surface area contributed by atoms with E-state index in [-0.39, 0.29) is 61.1 Å². The first-order valence-corrected chi connectivity index (χ1v) is 15.2. The predicted molar refractivity (Wildman–Crippen MR) is 177 cm³/mol. The Hall–Kier alpha value is -4.17. The molecule has 0 unspecified atom stereocenters. The number of hydrogen-bond acceptors (Lipinski definition) is 7. The first-order chi connectivity index (χ1) is 21.3. The second-order valence-corrected chi connectivity index (χ2v) is 12.4. The summed E-state index contributed by atoms with van der Waals surface area (Å²) in [4.78, 5) is 39.8. The molecule has 3 aromatic heterocycles. The fourth-order valence-corrected chi connectivity index (χ4v) is 6.50. The summed E-state index contributed by atoms with van der Waals surface area (Å²) >= 11 is 19.2. The van der Waals surface area contributed by atoms with Crippen LogP contribution >= 0.6 is 34.8 Å². The van der Waals surface area contributed by atoms with Gasteiger partial charge in [0.15, 0.2) is 5.82 Å². The highest BCUT2D eigenvalue weighted by atomic mass is 35.5. The second kappa shape index (κ2) is 12.3. The van der Waals surface area contributed by atoms with Gasteiger partial charge in [0.25, 0.3) is 5.56 Å². The molecule has 1 aromatic carbocycles. The number of halogens is 4. The maximum Gasteiger partial charge on any atom is 0.276 e. The number of hydrogen-bond donors (Lipinski definition) is 1. The SMILES string of the molecule is C=CC(=O)N1CCN(c2c(C#N)c(=O)n(-c3c(C)ccnc3C(C)C)c3nc(-c4c(N)c(Cl)cc(Cl)c4F)c(Cl)cc23)[C@@H](C)C1. The molecule has 5 rings (SSSR count). The first kappa shape index (κ1) is 32.2. The van der Waals surface area contributed by atoms with Gasteiger partial charge in [0.05, 0.1) is 49.1 Å². The Morgan fingerprint density at radius 1 is 1.20 bits per heavy atom. The molecule has 45 heavy (non-hydrogen) atoms. The van der Waals surface area contributed by atoms with Crippen molar-refractivity contribution in [1.29, 1.82) is 5.26 Å². The Bertz CT molecular complexity index is 1980. The molecule has 0 bridgehead atoms. The van der Waals surface area contributed by atoms with Crippen molar-refractivity contribution in [3.8, 4) is 23.0 Å². The molecule has 13 heteroatoms. The Balaban J connectivity index is 1.94. The van der Waals surface area contributed by atoms with Gasteiger partial charge >= 0.3 is 0 Å². The first-order valence-electron chi connectivity index (χ1n) is 14.1. The van der Waals surface area contributed by atoms with E-state index < -0.39 is 11.4 Å². The zero-order valence-corrected chi connectivity index (χ0v) is 27.2.